The standard InChI is InChI=1S/C17H29NO4Si/c1-4-5-6-7-8-9-12-15-21-23(2,3)22-17-14-11-10-13-16(17)18(19)20/h10-11,13-14H,4-9,12,15H2,1-3H3. The van der Waals surface area contributed by atoms with E-state index in [1.165, 1.54) is 44.6 Å². The monoisotopic (exact) mass is 339 g/mol. The van der Waals surface area contributed by atoms with Crippen LogP contribution < -0.4 is 4.43 Å². The molecule has 0 amide bonds. The first-order chi connectivity index (χ1) is 11.0. The molecule has 0 heterocycles. The van der Waals surface area contributed by atoms with Gasteiger partial charge in [0.25, 0.3) is 0 Å². The SMILES string of the molecule is CCCCCCCCCO[Si](C)(C)Oc1ccccc1[N+](=O)[O-]. The first kappa shape index (κ1) is 19.6. The highest BCUT2D eigenvalue weighted by atomic mass is 28.4. The van der Waals surface area contributed by atoms with Crippen LogP contribution in [-0.2, 0) is 4.43 Å². The van der Waals surface area contributed by atoms with E-state index in [1.807, 2.05) is 13.1 Å². The highest BCUT2D eigenvalue weighted by Crippen LogP contribution is 2.28. The van der Waals surface area contributed by atoms with Crippen LogP contribution in [0.5, 0.6) is 5.75 Å². The minimum Gasteiger partial charge on any atom is -0.515 e. The molecule has 0 aromatic heterocycles. The third-order valence-electron chi connectivity index (χ3n) is 3.62. The van der Waals surface area contributed by atoms with Gasteiger partial charge in [-0.05, 0) is 25.6 Å². The van der Waals surface area contributed by atoms with Gasteiger partial charge in [-0.3, -0.25) is 10.1 Å². The van der Waals surface area contributed by atoms with Crippen molar-refractivity contribution in [1.82, 2.24) is 0 Å². The molecular weight excluding hydrogens is 310 g/mol. The molecule has 23 heavy (non-hydrogen) atoms. The molecule has 0 atom stereocenters. The fraction of sp³-hybridized carbons (Fsp3) is 0.647. The number of nitro benzene ring substituents is 1. The number of hydrogen-bond donors (Lipinski definition) is 0. The lowest BCUT2D eigenvalue weighted by atomic mass is 10.1. The van der Waals surface area contributed by atoms with E-state index in [2.05, 4.69) is 6.92 Å². The van der Waals surface area contributed by atoms with Crippen molar-refractivity contribution in [3.05, 3.63) is 34.4 Å². The molecule has 0 saturated heterocycles. The lowest BCUT2D eigenvalue weighted by Crippen LogP contribution is -2.38. The van der Waals surface area contributed by atoms with Gasteiger partial charge in [-0.1, -0.05) is 57.6 Å². The average Bonchev–Trinajstić information content (AvgIpc) is 2.50. The van der Waals surface area contributed by atoms with E-state index in [0.717, 1.165) is 6.42 Å². The summed E-state index contributed by atoms with van der Waals surface area (Å²) in [6, 6.07) is 6.46. The molecular formula is C17H29NO4Si. The average molecular weight is 340 g/mol. The molecule has 0 radical (unpaired) electrons. The molecule has 0 aliphatic rings. The molecule has 1 rings (SSSR count). The Morgan fingerprint density at radius 1 is 1.04 bits per heavy atom. The zero-order valence-corrected chi connectivity index (χ0v) is 15.5. The normalized spacial score (nSPS) is 11.4. The zero-order chi connectivity index (χ0) is 17.1. The summed E-state index contributed by atoms with van der Waals surface area (Å²) in [5, 5.41) is 11.0. The Morgan fingerprint density at radius 3 is 2.30 bits per heavy atom. The van der Waals surface area contributed by atoms with E-state index in [9.17, 15) is 10.1 Å². The molecule has 1 aromatic carbocycles. The van der Waals surface area contributed by atoms with Crippen molar-refractivity contribution in [3.63, 3.8) is 0 Å². The van der Waals surface area contributed by atoms with E-state index >= 15 is 0 Å². The van der Waals surface area contributed by atoms with Crippen LogP contribution in [0, 0.1) is 10.1 Å². The topological polar surface area (TPSA) is 61.6 Å². The fourth-order valence-electron chi connectivity index (χ4n) is 2.37. The Kier molecular flexibility index (Phi) is 8.87. The molecule has 0 bridgehead atoms. The summed E-state index contributed by atoms with van der Waals surface area (Å²) in [6.07, 6.45) is 8.63. The van der Waals surface area contributed by atoms with Crippen LogP contribution >= 0.6 is 0 Å². The number of para-hydroxylation sites is 2. The number of nitrogens with zero attached hydrogens (tertiary/aromatic N) is 1. The molecule has 130 valence electrons. The van der Waals surface area contributed by atoms with Gasteiger partial charge in [-0.25, -0.2) is 0 Å². The van der Waals surface area contributed by atoms with Crippen LogP contribution in [0.1, 0.15) is 51.9 Å². The van der Waals surface area contributed by atoms with Crippen LogP contribution in [0.15, 0.2) is 24.3 Å². The molecule has 0 spiro atoms. The Labute approximate surface area is 140 Å². The Morgan fingerprint density at radius 2 is 1.65 bits per heavy atom. The third-order valence-corrected chi connectivity index (χ3v) is 5.23. The number of nitro groups is 1. The molecule has 0 aliphatic carbocycles. The molecule has 0 N–H and O–H groups in total. The molecule has 5 nitrogen and oxygen atoms in total. The van der Waals surface area contributed by atoms with Crippen molar-refractivity contribution in [2.45, 2.75) is 65.0 Å². The van der Waals surface area contributed by atoms with E-state index in [1.54, 1.807) is 18.2 Å². The molecule has 0 saturated carbocycles. The maximum Gasteiger partial charge on any atom is 0.392 e. The second kappa shape index (κ2) is 10.4. The summed E-state index contributed by atoms with van der Waals surface area (Å²) >= 11 is 0. The molecule has 0 fully saturated rings. The van der Waals surface area contributed by atoms with Gasteiger partial charge in [0.15, 0.2) is 5.75 Å². The Bertz CT molecular complexity index is 479. The van der Waals surface area contributed by atoms with E-state index in [-0.39, 0.29) is 5.69 Å². The summed E-state index contributed by atoms with van der Waals surface area (Å²) < 4.78 is 11.7. The first-order valence-electron chi connectivity index (χ1n) is 8.52. The third kappa shape index (κ3) is 8.13. The lowest BCUT2D eigenvalue weighted by molar-refractivity contribution is -0.385. The fourth-order valence-corrected chi connectivity index (χ4v) is 3.76. The summed E-state index contributed by atoms with van der Waals surface area (Å²) in [5.74, 6) is 0.300. The lowest BCUT2D eigenvalue weighted by Gasteiger charge is -2.23. The van der Waals surface area contributed by atoms with Gasteiger partial charge < -0.3 is 8.85 Å². The van der Waals surface area contributed by atoms with Gasteiger partial charge in [-0.2, -0.15) is 0 Å². The van der Waals surface area contributed by atoms with Crippen molar-refractivity contribution in [2.24, 2.45) is 0 Å². The van der Waals surface area contributed by atoms with Crippen LogP contribution in [-0.4, -0.2) is 20.1 Å². The van der Waals surface area contributed by atoms with E-state index < -0.39 is 13.5 Å². The number of benzene rings is 1. The largest absolute Gasteiger partial charge is 0.515 e. The second-order valence-electron chi connectivity index (χ2n) is 6.20. The van der Waals surface area contributed by atoms with Crippen LogP contribution in [0.4, 0.5) is 5.69 Å². The number of unbranched alkanes of at least 4 members (excludes halogenated alkanes) is 6. The van der Waals surface area contributed by atoms with Gasteiger partial charge in [-0.15, -0.1) is 0 Å². The van der Waals surface area contributed by atoms with E-state index in [4.69, 9.17) is 8.85 Å². The van der Waals surface area contributed by atoms with Crippen LogP contribution in [0.25, 0.3) is 0 Å². The van der Waals surface area contributed by atoms with Crippen molar-refractivity contribution >= 4 is 14.2 Å². The Hall–Kier alpha value is -1.40. The summed E-state index contributed by atoms with van der Waals surface area (Å²) in [4.78, 5) is 10.6. The van der Waals surface area contributed by atoms with Gasteiger partial charge in [0.2, 0.25) is 0 Å². The van der Waals surface area contributed by atoms with Crippen molar-refractivity contribution < 1.29 is 13.8 Å². The van der Waals surface area contributed by atoms with Gasteiger partial charge >= 0.3 is 14.2 Å². The van der Waals surface area contributed by atoms with E-state index in [0.29, 0.717) is 12.4 Å². The quantitative estimate of drug-likeness (QED) is 0.220. The highest BCUT2D eigenvalue weighted by molar-refractivity contribution is 6.65. The maximum absolute atomic E-state index is 11.0. The molecule has 1 aromatic rings. The summed E-state index contributed by atoms with van der Waals surface area (Å²) in [7, 11) is -2.41. The zero-order valence-electron chi connectivity index (χ0n) is 14.5. The van der Waals surface area contributed by atoms with Crippen LogP contribution in [0.2, 0.25) is 13.1 Å². The Balaban J connectivity index is 2.32. The highest BCUT2D eigenvalue weighted by Gasteiger charge is 2.29. The smallest absolute Gasteiger partial charge is 0.392 e. The summed E-state index contributed by atoms with van der Waals surface area (Å²) in [6.45, 7) is 6.72. The number of rotatable bonds is 12. The minimum absolute atomic E-state index is 0.00685. The number of hydrogen-bond acceptors (Lipinski definition) is 4. The minimum atomic E-state index is -2.41. The van der Waals surface area contributed by atoms with Gasteiger partial charge in [0.05, 0.1) is 4.92 Å². The van der Waals surface area contributed by atoms with Crippen molar-refractivity contribution in [2.75, 3.05) is 6.61 Å². The molecule has 6 heteroatoms. The van der Waals surface area contributed by atoms with Gasteiger partial charge in [0.1, 0.15) is 0 Å². The van der Waals surface area contributed by atoms with Crippen molar-refractivity contribution in [1.29, 1.82) is 0 Å². The molecule has 0 aliphatic heterocycles. The van der Waals surface area contributed by atoms with Crippen molar-refractivity contribution in [3.8, 4) is 5.75 Å². The maximum atomic E-state index is 11.0. The predicted molar refractivity (Wildman–Crippen MR) is 95.2 cm³/mol. The predicted octanol–water partition coefficient (Wildman–Crippen LogP) is 5.44. The molecule has 0 unspecified atom stereocenters. The summed E-state index contributed by atoms with van der Waals surface area (Å²) in [5.41, 5.74) is -0.00685. The van der Waals surface area contributed by atoms with Gasteiger partial charge in [0, 0.05) is 12.7 Å². The van der Waals surface area contributed by atoms with Crippen LogP contribution in [0.3, 0.4) is 0 Å². The first-order valence-corrected chi connectivity index (χ1v) is 11.3. The second-order valence-corrected chi connectivity index (χ2v) is 9.49.